The van der Waals surface area contributed by atoms with Crippen LogP contribution < -0.4 is 4.74 Å². The van der Waals surface area contributed by atoms with E-state index in [0.717, 1.165) is 23.8 Å². The summed E-state index contributed by atoms with van der Waals surface area (Å²) >= 11 is 0. The molecular formula is C18H20O2. The molecule has 0 bridgehead atoms. The summed E-state index contributed by atoms with van der Waals surface area (Å²) in [6.07, 6.45) is 1.92. The van der Waals surface area contributed by atoms with Crippen molar-refractivity contribution >= 4 is 6.29 Å². The molecule has 0 heterocycles. The first-order chi connectivity index (χ1) is 9.63. The molecule has 0 atom stereocenters. The second-order valence-corrected chi connectivity index (χ2v) is 5.37. The average Bonchev–Trinajstić information content (AvgIpc) is 2.46. The molecule has 2 heteroatoms. The minimum Gasteiger partial charge on any atom is -0.497 e. The number of carbonyl (C=O) groups excluding carboxylic acids is 1. The molecule has 0 saturated heterocycles. The quantitative estimate of drug-likeness (QED) is 0.752. The van der Waals surface area contributed by atoms with Gasteiger partial charge in [-0.05, 0) is 47.2 Å². The lowest BCUT2D eigenvalue weighted by molar-refractivity contribution is 0.112. The van der Waals surface area contributed by atoms with E-state index < -0.39 is 0 Å². The molecule has 20 heavy (non-hydrogen) atoms. The Balaban J connectivity index is 2.43. The Kier molecular flexibility index (Phi) is 4.57. The first-order valence-corrected chi connectivity index (χ1v) is 6.86. The molecule has 0 aliphatic rings. The highest BCUT2D eigenvalue weighted by molar-refractivity contribution is 5.88. The molecule has 0 aliphatic carbocycles. The molecule has 0 saturated carbocycles. The maximum Gasteiger partial charge on any atom is 0.150 e. The number of methoxy groups -OCH3 is 1. The largest absolute Gasteiger partial charge is 0.497 e. The summed E-state index contributed by atoms with van der Waals surface area (Å²) in [5, 5.41) is 0. The zero-order chi connectivity index (χ0) is 14.5. The highest BCUT2D eigenvalue weighted by Gasteiger charge is 2.07. The van der Waals surface area contributed by atoms with Gasteiger partial charge in [-0.3, -0.25) is 4.79 Å². The van der Waals surface area contributed by atoms with Crippen LogP contribution in [0.5, 0.6) is 5.75 Å². The maximum absolute atomic E-state index is 11.3. The molecule has 0 aliphatic heterocycles. The Morgan fingerprint density at radius 3 is 2.60 bits per heavy atom. The minimum atomic E-state index is 0.617. The van der Waals surface area contributed by atoms with Gasteiger partial charge in [0.05, 0.1) is 7.11 Å². The lowest BCUT2D eigenvalue weighted by Gasteiger charge is -2.10. The summed E-state index contributed by atoms with van der Waals surface area (Å²) in [4.78, 5) is 11.3. The van der Waals surface area contributed by atoms with Crippen LogP contribution in [0.2, 0.25) is 0 Å². The van der Waals surface area contributed by atoms with Crippen LogP contribution in [0.15, 0.2) is 42.5 Å². The van der Waals surface area contributed by atoms with Crippen LogP contribution in [0.3, 0.4) is 0 Å². The van der Waals surface area contributed by atoms with Gasteiger partial charge >= 0.3 is 0 Å². The van der Waals surface area contributed by atoms with Crippen molar-refractivity contribution in [2.75, 3.05) is 7.11 Å². The molecule has 104 valence electrons. The monoisotopic (exact) mass is 268 g/mol. The minimum absolute atomic E-state index is 0.617. The second-order valence-electron chi connectivity index (χ2n) is 5.37. The highest BCUT2D eigenvalue weighted by Crippen LogP contribution is 2.27. The predicted molar refractivity (Wildman–Crippen MR) is 82.4 cm³/mol. The van der Waals surface area contributed by atoms with Crippen molar-refractivity contribution in [3.05, 3.63) is 53.6 Å². The van der Waals surface area contributed by atoms with Gasteiger partial charge in [0, 0.05) is 5.56 Å². The normalized spacial score (nSPS) is 10.6. The van der Waals surface area contributed by atoms with Gasteiger partial charge in [0.2, 0.25) is 0 Å². The standard InChI is InChI=1S/C18H20O2/c1-13(2)9-14-5-4-6-15(10-14)18-8-7-17(20-3)11-16(18)12-19/h4-8,10-13H,9H2,1-3H3. The van der Waals surface area contributed by atoms with E-state index in [0.29, 0.717) is 17.2 Å². The molecule has 0 aromatic heterocycles. The summed E-state index contributed by atoms with van der Waals surface area (Å²) in [7, 11) is 1.60. The topological polar surface area (TPSA) is 26.3 Å². The number of hydrogen-bond donors (Lipinski definition) is 0. The van der Waals surface area contributed by atoms with Crippen LogP contribution in [-0.4, -0.2) is 13.4 Å². The van der Waals surface area contributed by atoms with Crippen molar-refractivity contribution in [1.82, 2.24) is 0 Å². The number of aldehydes is 1. The molecule has 0 N–H and O–H groups in total. The summed E-state index contributed by atoms with van der Waals surface area (Å²) < 4.78 is 5.17. The van der Waals surface area contributed by atoms with Crippen molar-refractivity contribution in [2.24, 2.45) is 5.92 Å². The van der Waals surface area contributed by atoms with Crippen molar-refractivity contribution in [3.63, 3.8) is 0 Å². The van der Waals surface area contributed by atoms with E-state index in [9.17, 15) is 4.79 Å². The Morgan fingerprint density at radius 2 is 1.95 bits per heavy atom. The molecular weight excluding hydrogens is 248 g/mol. The average molecular weight is 268 g/mol. The molecule has 2 aromatic rings. The number of benzene rings is 2. The number of hydrogen-bond acceptors (Lipinski definition) is 2. The Labute approximate surface area is 120 Å². The first-order valence-electron chi connectivity index (χ1n) is 6.86. The van der Waals surface area contributed by atoms with Crippen molar-refractivity contribution in [2.45, 2.75) is 20.3 Å². The van der Waals surface area contributed by atoms with Crippen molar-refractivity contribution < 1.29 is 9.53 Å². The zero-order valence-electron chi connectivity index (χ0n) is 12.2. The Hall–Kier alpha value is -2.09. The first kappa shape index (κ1) is 14.3. The van der Waals surface area contributed by atoms with Crippen LogP contribution in [0.25, 0.3) is 11.1 Å². The number of carbonyl (C=O) groups is 1. The van der Waals surface area contributed by atoms with Gasteiger partial charge in [-0.25, -0.2) is 0 Å². The maximum atomic E-state index is 11.3. The smallest absolute Gasteiger partial charge is 0.150 e. The molecule has 0 spiro atoms. The van der Waals surface area contributed by atoms with Crippen LogP contribution in [0.1, 0.15) is 29.8 Å². The molecule has 0 radical (unpaired) electrons. The van der Waals surface area contributed by atoms with Crippen LogP contribution in [0.4, 0.5) is 0 Å². The third-order valence-corrected chi connectivity index (χ3v) is 3.27. The lowest BCUT2D eigenvalue weighted by atomic mass is 9.95. The fraction of sp³-hybridized carbons (Fsp3) is 0.278. The van der Waals surface area contributed by atoms with Gasteiger partial charge < -0.3 is 4.74 Å². The van der Waals surface area contributed by atoms with Gasteiger partial charge in [0.1, 0.15) is 5.75 Å². The van der Waals surface area contributed by atoms with Crippen LogP contribution in [0, 0.1) is 5.92 Å². The van der Waals surface area contributed by atoms with E-state index >= 15 is 0 Å². The van der Waals surface area contributed by atoms with E-state index in [1.807, 2.05) is 24.3 Å². The van der Waals surface area contributed by atoms with E-state index in [-0.39, 0.29) is 0 Å². The van der Waals surface area contributed by atoms with E-state index in [2.05, 4.69) is 26.0 Å². The Bertz CT molecular complexity index is 600. The van der Waals surface area contributed by atoms with Gasteiger partial charge in [0.25, 0.3) is 0 Å². The third kappa shape index (κ3) is 3.27. The van der Waals surface area contributed by atoms with Crippen LogP contribution in [-0.2, 0) is 6.42 Å². The van der Waals surface area contributed by atoms with Crippen LogP contribution >= 0.6 is 0 Å². The Morgan fingerprint density at radius 1 is 1.15 bits per heavy atom. The van der Waals surface area contributed by atoms with Crippen molar-refractivity contribution in [3.8, 4) is 16.9 Å². The highest BCUT2D eigenvalue weighted by atomic mass is 16.5. The summed E-state index contributed by atoms with van der Waals surface area (Å²) in [5.74, 6) is 1.32. The zero-order valence-corrected chi connectivity index (χ0v) is 12.2. The molecule has 2 nitrogen and oxygen atoms in total. The van der Waals surface area contributed by atoms with Gasteiger partial charge in [-0.15, -0.1) is 0 Å². The van der Waals surface area contributed by atoms with E-state index in [4.69, 9.17) is 4.74 Å². The molecule has 2 rings (SSSR count). The van der Waals surface area contributed by atoms with E-state index in [1.54, 1.807) is 13.2 Å². The number of rotatable bonds is 5. The van der Waals surface area contributed by atoms with Gasteiger partial charge in [0.15, 0.2) is 6.29 Å². The predicted octanol–water partition coefficient (Wildman–Crippen LogP) is 4.37. The van der Waals surface area contributed by atoms with Gasteiger partial charge in [-0.2, -0.15) is 0 Å². The lowest BCUT2D eigenvalue weighted by Crippen LogP contribution is -1.95. The van der Waals surface area contributed by atoms with Gasteiger partial charge in [-0.1, -0.05) is 38.1 Å². The fourth-order valence-electron chi connectivity index (χ4n) is 2.37. The molecule has 2 aromatic carbocycles. The summed E-state index contributed by atoms with van der Waals surface area (Å²) in [5.41, 5.74) is 3.98. The molecule has 0 amide bonds. The SMILES string of the molecule is COc1ccc(-c2cccc(CC(C)C)c2)c(C=O)c1. The fourth-order valence-corrected chi connectivity index (χ4v) is 2.37. The third-order valence-electron chi connectivity index (χ3n) is 3.27. The van der Waals surface area contributed by atoms with E-state index in [1.165, 1.54) is 5.56 Å². The molecule has 0 unspecified atom stereocenters. The summed E-state index contributed by atoms with van der Waals surface area (Å²) in [6, 6.07) is 14.0. The summed E-state index contributed by atoms with van der Waals surface area (Å²) in [6.45, 7) is 4.41. The molecule has 0 fully saturated rings. The van der Waals surface area contributed by atoms with Crippen molar-refractivity contribution in [1.29, 1.82) is 0 Å². The number of ether oxygens (including phenoxy) is 1. The second kappa shape index (κ2) is 6.38.